The Labute approximate surface area is 62.0 Å². The molecule has 0 saturated carbocycles. The van der Waals surface area contributed by atoms with Crippen molar-refractivity contribution in [3.05, 3.63) is 22.3 Å². The Hall–Kier alpha value is -1.16. The topological polar surface area (TPSA) is 68.3 Å². The summed E-state index contributed by atoms with van der Waals surface area (Å²) in [5.74, 6) is 0. The molecule has 1 heterocycles. The van der Waals surface area contributed by atoms with Gasteiger partial charge in [-0.3, -0.25) is 0 Å². The average Bonchev–Trinajstić information content (AvgIpc) is 1.88. The molecule has 52 valence electrons. The summed E-state index contributed by atoms with van der Waals surface area (Å²) in [4.78, 5) is 13.5. The zero-order valence-corrected chi connectivity index (χ0v) is 5.67. The van der Waals surface area contributed by atoms with Crippen LogP contribution in [0.4, 0.5) is 11.4 Å². The lowest BCUT2D eigenvalue weighted by Gasteiger charge is -1.94. The normalized spacial score (nSPS) is 9.30. The summed E-state index contributed by atoms with van der Waals surface area (Å²) < 4.78 is 0. The number of anilines is 1. The van der Waals surface area contributed by atoms with E-state index in [0.717, 1.165) is 0 Å². The maximum atomic E-state index is 9.93. The Morgan fingerprint density at radius 3 is 2.90 bits per heavy atom. The molecule has 1 aromatic rings. The minimum Gasteiger partial charge on any atom is -0.397 e. The van der Waals surface area contributed by atoms with Crippen molar-refractivity contribution in [3.8, 4) is 0 Å². The van der Waals surface area contributed by atoms with Gasteiger partial charge in [0.2, 0.25) is 0 Å². The summed E-state index contributed by atoms with van der Waals surface area (Å²) in [5.41, 5.74) is 5.67. The lowest BCUT2D eigenvalue weighted by Crippen LogP contribution is -1.85. The number of hydrogen-bond donors (Lipinski definition) is 1. The quantitative estimate of drug-likeness (QED) is 0.499. The van der Waals surface area contributed by atoms with Crippen molar-refractivity contribution in [3.63, 3.8) is 0 Å². The van der Waals surface area contributed by atoms with Crippen LogP contribution in [0.1, 0.15) is 0 Å². The third kappa shape index (κ3) is 1.22. The van der Waals surface area contributed by atoms with E-state index < -0.39 is 0 Å². The number of pyridine rings is 1. The third-order valence-corrected chi connectivity index (χ3v) is 1.19. The summed E-state index contributed by atoms with van der Waals surface area (Å²) >= 11 is 5.44. The number of nitrogens with zero attached hydrogens (tertiary/aromatic N) is 2. The first-order valence-corrected chi connectivity index (χ1v) is 2.86. The van der Waals surface area contributed by atoms with Gasteiger partial charge in [0.1, 0.15) is 10.8 Å². The number of halogens is 1. The molecule has 0 aromatic carbocycles. The van der Waals surface area contributed by atoms with Gasteiger partial charge in [-0.2, -0.15) is 0 Å². The van der Waals surface area contributed by atoms with Crippen molar-refractivity contribution in [2.45, 2.75) is 0 Å². The number of rotatable bonds is 1. The number of aromatic nitrogens is 1. The van der Waals surface area contributed by atoms with E-state index in [0.29, 0.717) is 0 Å². The number of nitroso groups, excluding NO2 is 1. The third-order valence-electron chi connectivity index (χ3n) is 0.979. The molecule has 0 radical (unpaired) electrons. The molecule has 5 heteroatoms. The van der Waals surface area contributed by atoms with E-state index in [4.69, 9.17) is 17.3 Å². The van der Waals surface area contributed by atoms with E-state index in [1.807, 2.05) is 0 Å². The Bertz CT molecular complexity index is 263. The molecule has 0 fully saturated rings. The first-order valence-electron chi connectivity index (χ1n) is 2.48. The molecule has 10 heavy (non-hydrogen) atoms. The minimum absolute atomic E-state index is 0.115. The van der Waals surface area contributed by atoms with Crippen LogP contribution in [0.15, 0.2) is 17.4 Å². The fourth-order valence-electron chi connectivity index (χ4n) is 0.513. The lowest BCUT2D eigenvalue weighted by atomic mass is 10.4. The van der Waals surface area contributed by atoms with Crippen LogP contribution in [-0.2, 0) is 0 Å². The summed E-state index contributed by atoms with van der Waals surface area (Å²) in [7, 11) is 0. The largest absolute Gasteiger partial charge is 0.397 e. The standard InChI is InChI=1S/C5H4ClN3O/c6-5-1-3(7)4(9-10)2-8-5/h1-2H,(H2,7,8). The van der Waals surface area contributed by atoms with E-state index in [2.05, 4.69) is 10.2 Å². The smallest absolute Gasteiger partial charge is 0.149 e. The molecule has 0 unspecified atom stereocenters. The number of hydrogen-bond acceptors (Lipinski definition) is 4. The fraction of sp³-hybridized carbons (Fsp3) is 0. The van der Waals surface area contributed by atoms with Crippen LogP contribution in [0.3, 0.4) is 0 Å². The highest BCUT2D eigenvalue weighted by atomic mass is 35.5. The van der Waals surface area contributed by atoms with E-state index in [-0.39, 0.29) is 16.5 Å². The Kier molecular flexibility index (Phi) is 1.82. The highest BCUT2D eigenvalue weighted by Gasteiger charge is 1.98. The van der Waals surface area contributed by atoms with E-state index in [1.165, 1.54) is 12.3 Å². The molecular formula is C5H4ClN3O. The predicted molar refractivity (Wildman–Crippen MR) is 39.1 cm³/mol. The lowest BCUT2D eigenvalue weighted by molar-refractivity contribution is 1.30. The second kappa shape index (κ2) is 2.62. The van der Waals surface area contributed by atoms with Crippen LogP contribution in [0, 0.1) is 4.91 Å². The van der Waals surface area contributed by atoms with Crippen molar-refractivity contribution in [1.82, 2.24) is 4.98 Å². The molecular weight excluding hydrogens is 154 g/mol. The molecule has 0 spiro atoms. The van der Waals surface area contributed by atoms with E-state index in [1.54, 1.807) is 0 Å². The van der Waals surface area contributed by atoms with Crippen molar-refractivity contribution in [2.75, 3.05) is 5.73 Å². The molecule has 0 amide bonds. The molecule has 0 bridgehead atoms. The van der Waals surface area contributed by atoms with Crippen LogP contribution in [0.5, 0.6) is 0 Å². The van der Waals surface area contributed by atoms with Gasteiger partial charge < -0.3 is 5.73 Å². The Morgan fingerprint density at radius 2 is 2.40 bits per heavy atom. The minimum atomic E-state index is 0.115. The SMILES string of the molecule is Nc1cc(Cl)ncc1N=O. The maximum Gasteiger partial charge on any atom is 0.149 e. The molecule has 1 aromatic heterocycles. The van der Waals surface area contributed by atoms with Gasteiger partial charge in [0.05, 0.1) is 11.9 Å². The Balaban J connectivity index is 3.19. The summed E-state index contributed by atoms with van der Waals surface area (Å²) in [5, 5.41) is 2.87. The molecule has 0 atom stereocenters. The zero-order valence-electron chi connectivity index (χ0n) is 4.91. The average molecular weight is 158 g/mol. The number of nitrogens with two attached hydrogens (primary N) is 1. The summed E-state index contributed by atoms with van der Waals surface area (Å²) in [6, 6.07) is 1.37. The van der Waals surface area contributed by atoms with Gasteiger partial charge in [-0.25, -0.2) is 4.98 Å². The van der Waals surface area contributed by atoms with Gasteiger partial charge in [-0.1, -0.05) is 11.6 Å². The van der Waals surface area contributed by atoms with Crippen molar-refractivity contribution >= 4 is 23.0 Å². The van der Waals surface area contributed by atoms with Gasteiger partial charge in [-0.05, 0) is 5.18 Å². The van der Waals surface area contributed by atoms with E-state index >= 15 is 0 Å². The Morgan fingerprint density at radius 1 is 1.70 bits per heavy atom. The van der Waals surface area contributed by atoms with Gasteiger partial charge in [0.15, 0.2) is 0 Å². The predicted octanol–water partition coefficient (Wildman–Crippen LogP) is 1.72. The second-order valence-electron chi connectivity index (χ2n) is 1.66. The van der Waals surface area contributed by atoms with E-state index in [9.17, 15) is 4.91 Å². The van der Waals surface area contributed by atoms with Gasteiger partial charge in [0.25, 0.3) is 0 Å². The van der Waals surface area contributed by atoms with Gasteiger partial charge in [-0.15, -0.1) is 4.91 Å². The molecule has 0 aliphatic carbocycles. The molecule has 1 rings (SSSR count). The molecule has 0 saturated heterocycles. The summed E-state index contributed by atoms with van der Waals surface area (Å²) in [6.45, 7) is 0. The first kappa shape index (κ1) is 6.95. The van der Waals surface area contributed by atoms with Gasteiger partial charge >= 0.3 is 0 Å². The van der Waals surface area contributed by atoms with Crippen LogP contribution in [0.2, 0.25) is 5.15 Å². The molecule has 2 N–H and O–H groups in total. The molecule has 0 aliphatic rings. The first-order chi connectivity index (χ1) is 4.74. The number of nitrogen functional groups attached to an aromatic ring is 1. The van der Waals surface area contributed by atoms with Gasteiger partial charge in [0, 0.05) is 6.07 Å². The summed E-state index contributed by atoms with van der Waals surface area (Å²) in [6.07, 6.45) is 1.23. The van der Waals surface area contributed by atoms with Crippen LogP contribution in [-0.4, -0.2) is 4.98 Å². The van der Waals surface area contributed by atoms with Crippen LogP contribution in [0.25, 0.3) is 0 Å². The second-order valence-corrected chi connectivity index (χ2v) is 2.04. The highest BCUT2D eigenvalue weighted by molar-refractivity contribution is 6.29. The molecule has 4 nitrogen and oxygen atoms in total. The maximum absolute atomic E-state index is 9.93. The van der Waals surface area contributed by atoms with Crippen molar-refractivity contribution < 1.29 is 0 Å². The highest BCUT2D eigenvalue weighted by Crippen LogP contribution is 2.21. The molecule has 0 aliphatic heterocycles. The van der Waals surface area contributed by atoms with Crippen molar-refractivity contribution in [1.29, 1.82) is 0 Å². The van der Waals surface area contributed by atoms with Crippen LogP contribution >= 0.6 is 11.6 Å². The van der Waals surface area contributed by atoms with Crippen LogP contribution < -0.4 is 5.73 Å². The van der Waals surface area contributed by atoms with Crippen molar-refractivity contribution in [2.24, 2.45) is 5.18 Å². The zero-order chi connectivity index (χ0) is 7.56. The monoisotopic (exact) mass is 157 g/mol. The fourth-order valence-corrected chi connectivity index (χ4v) is 0.679.